The van der Waals surface area contributed by atoms with Gasteiger partial charge in [0, 0.05) is 11.3 Å². The van der Waals surface area contributed by atoms with E-state index < -0.39 is 11.1 Å². The van der Waals surface area contributed by atoms with Crippen molar-refractivity contribution >= 4 is 23.4 Å². The number of nitrogens with one attached hydrogen (secondary N) is 1. The summed E-state index contributed by atoms with van der Waals surface area (Å²) in [6.45, 7) is 1.70. The molecule has 168 valence electrons. The molecule has 0 spiro atoms. The zero-order valence-electron chi connectivity index (χ0n) is 17.8. The second-order valence-corrected chi connectivity index (χ2v) is 8.46. The number of carbonyl (C=O) groups is 1. The zero-order chi connectivity index (χ0) is 23.2. The van der Waals surface area contributed by atoms with Gasteiger partial charge >= 0.3 is 0 Å². The number of nitrogens with two attached hydrogens (primary N) is 1. The minimum absolute atomic E-state index is 0.0595. The first-order valence-electron chi connectivity index (χ1n) is 10.2. The number of thioether (sulfide) groups is 1. The molecule has 3 aromatic carbocycles. The number of aromatic nitrogens is 3. The van der Waals surface area contributed by atoms with E-state index in [2.05, 4.69) is 15.5 Å². The first-order chi connectivity index (χ1) is 16.0. The topological polar surface area (TPSA) is 95.1 Å². The number of rotatable bonds is 8. The van der Waals surface area contributed by atoms with E-state index in [1.807, 2.05) is 54.6 Å². The Kier molecular flexibility index (Phi) is 6.89. The van der Waals surface area contributed by atoms with Gasteiger partial charge in [-0.15, -0.1) is 10.2 Å². The molecule has 0 bridgehead atoms. The molecule has 3 N–H and O–H groups in total. The molecule has 33 heavy (non-hydrogen) atoms. The Balaban J connectivity index is 1.41. The van der Waals surface area contributed by atoms with Gasteiger partial charge in [0.1, 0.15) is 6.61 Å². The zero-order valence-corrected chi connectivity index (χ0v) is 18.6. The maximum atomic E-state index is 13.7. The van der Waals surface area contributed by atoms with Gasteiger partial charge in [0.2, 0.25) is 11.1 Å². The highest BCUT2D eigenvalue weighted by atomic mass is 32.2. The van der Waals surface area contributed by atoms with Crippen LogP contribution in [0.4, 0.5) is 10.1 Å². The Morgan fingerprint density at radius 2 is 1.76 bits per heavy atom. The lowest BCUT2D eigenvalue weighted by atomic mass is 10.0. The summed E-state index contributed by atoms with van der Waals surface area (Å²) in [6.07, 6.45) is 0. The summed E-state index contributed by atoms with van der Waals surface area (Å²) in [5.41, 5.74) is 2.66. The fourth-order valence-electron chi connectivity index (χ4n) is 3.10. The van der Waals surface area contributed by atoms with E-state index in [9.17, 15) is 9.18 Å². The average molecular weight is 464 g/mol. The van der Waals surface area contributed by atoms with Gasteiger partial charge in [-0.1, -0.05) is 72.4 Å². The standard InChI is InChI=1S/C24H22FN5O2S/c1-16(23(31)27-20-13-7-5-11-18(20)17-9-3-2-4-10-17)33-24-29-28-22(30(24)26)15-32-21-14-8-6-12-19(21)25/h2-14,16H,15,26H2,1H3,(H,27,31)/t16-/m1/s1. The molecule has 4 aromatic rings. The molecule has 1 amide bonds. The van der Waals surface area contributed by atoms with Gasteiger partial charge in [-0.05, 0) is 30.7 Å². The fourth-order valence-corrected chi connectivity index (χ4v) is 3.89. The van der Waals surface area contributed by atoms with Crippen LogP contribution in [0.1, 0.15) is 12.7 Å². The first kappa shape index (κ1) is 22.3. The van der Waals surface area contributed by atoms with E-state index in [0.717, 1.165) is 11.1 Å². The summed E-state index contributed by atoms with van der Waals surface area (Å²) >= 11 is 1.17. The van der Waals surface area contributed by atoms with Crippen LogP contribution in [0.2, 0.25) is 0 Å². The highest BCUT2D eigenvalue weighted by molar-refractivity contribution is 8.00. The Bertz CT molecular complexity index is 1250. The molecule has 0 fully saturated rings. The molecule has 0 aliphatic rings. The van der Waals surface area contributed by atoms with Gasteiger partial charge in [-0.2, -0.15) is 0 Å². The van der Waals surface area contributed by atoms with Crippen LogP contribution >= 0.6 is 11.8 Å². The molecule has 0 radical (unpaired) electrons. The number of amides is 1. The molecule has 0 aliphatic carbocycles. The van der Waals surface area contributed by atoms with Crippen molar-refractivity contribution in [3.8, 4) is 16.9 Å². The third kappa shape index (κ3) is 5.32. The summed E-state index contributed by atoms with van der Waals surface area (Å²) in [5.74, 6) is 5.80. The molecule has 0 saturated heterocycles. The number of hydrogen-bond acceptors (Lipinski definition) is 6. The van der Waals surface area contributed by atoms with Crippen molar-refractivity contribution in [2.75, 3.05) is 11.2 Å². The van der Waals surface area contributed by atoms with Gasteiger partial charge in [0.05, 0.1) is 5.25 Å². The number of hydrogen-bond donors (Lipinski definition) is 2. The van der Waals surface area contributed by atoms with Crippen LogP contribution in [-0.4, -0.2) is 26.0 Å². The summed E-state index contributed by atoms with van der Waals surface area (Å²) in [7, 11) is 0. The smallest absolute Gasteiger partial charge is 0.237 e. The molecular weight excluding hydrogens is 441 g/mol. The number of nitrogens with zero attached hydrogens (tertiary/aromatic N) is 3. The molecule has 1 heterocycles. The number of halogens is 1. The second kappa shape index (κ2) is 10.2. The van der Waals surface area contributed by atoms with Crippen molar-refractivity contribution in [3.05, 3.63) is 90.5 Å². The SMILES string of the molecule is C[C@@H](Sc1nnc(COc2ccccc2F)n1N)C(=O)Nc1ccccc1-c1ccccc1. The van der Waals surface area contributed by atoms with Crippen LogP contribution < -0.4 is 15.9 Å². The van der Waals surface area contributed by atoms with Gasteiger partial charge in [0.25, 0.3) is 0 Å². The Morgan fingerprint density at radius 3 is 2.55 bits per heavy atom. The number of para-hydroxylation sites is 2. The van der Waals surface area contributed by atoms with Crippen LogP contribution in [0, 0.1) is 5.82 Å². The minimum atomic E-state index is -0.499. The van der Waals surface area contributed by atoms with Crippen LogP contribution in [0.3, 0.4) is 0 Å². The van der Waals surface area contributed by atoms with E-state index >= 15 is 0 Å². The van der Waals surface area contributed by atoms with Crippen molar-refractivity contribution < 1.29 is 13.9 Å². The lowest BCUT2D eigenvalue weighted by molar-refractivity contribution is -0.115. The normalized spacial score (nSPS) is 11.7. The number of carbonyl (C=O) groups excluding carboxylic acids is 1. The monoisotopic (exact) mass is 463 g/mol. The molecule has 7 nitrogen and oxygen atoms in total. The highest BCUT2D eigenvalue weighted by Gasteiger charge is 2.21. The highest BCUT2D eigenvalue weighted by Crippen LogP contribution is 2.29. The fraction of sp³-hybridized carbons (Fsp3) is 0.125. The third-order valence-electron chi connectivity index (χ3n) is 4.85. The average Bonchev–Trinajstić information content (AvgIpc) is 3.18. The summed E-state index contributed by atoms with van der Waals surface area (Å²) < 4.78 is 20.4. The van der Waals surface area contributed by atoms with E-state index in [0.29, 0.717) is 16.7 Å². The van der Waals surface area contributed by atoms with Crippen molar-refractivity contribution in [1.29, 1.82) is 0 Å². The molecule has 4 rings (SSSR count). The summed E-state index contributed by atoms with van der Waals surface area (Å²) in [6, 6.07) is 23.5. The molecule has 0 aliphatic heterocycles. The molecular formula is C24H22FN5O2S. The van der Waals surface area contributed by atoms with Crippen molar-refractivity contribution in [3.63, 3.8) is 0 Å². The van der Waals surface area contributed by atoms with E-state index in [4.69, 9.17) is 10.6 Å². The van der Waals surface area contributed by atoms with Crippen molar-refractivity contribution in [2.24, 2.45) is 0 Å². The Hall–Kier alpha value is -3.85. The quantitative estimate of drug-likeness (QED) is 0.295. The van der Waals surface area contributed by atoms with Gasteiger partial charge in [-0.25, -0.2) is 9.07 Å². The molecule has 1 aromatic heterocycles. The molecule has 0 unspecified atom stereocenters. The second-order valence-electron chi connectivity index (χ2n) is 7.15. The lowest BCUT2D eigenvalue weighted by Gasteiger charge is -2.14. The van der Waals surface area contributed by atoms with Crippen LogP contribution in [-0.2, 0) is 11.4 Å². The largest absolute Gasteiger partial charge is 0.482 e. The Morgan fingerprint density at radius 1 is 1.06 bits per heavy atom. The first-order valence-corrected chi connectivity index (χ1v) is 11.1. The van der Waals surface area contributed by atoms with E-state index in [1.165, 1.54) is 28.6 Å². The maximum absolute atomic E-state index is 13.7. The lowest BCUT2D eigenvalue weighted by Crippen LogP contribution is -2.24. The van der Waals surface area contributed by atoms with Crippen LogP contribution in [0.25, 0.3) is 11.1 Å². The predicted molar refractivity (Wildman–Crippen MR) is 127 cm³/mol. The number of benzene rings is 3. The van der Waals surface area contributed by atoms with Crippen molar-refractivity contribution in [2.45, 2.75) is 23.9 Å². The Labute approximate surface area is 194 Å². The minimum Gasteiger partial charge on any atom is -0.482 e. The van der Waals surface area contributed by atoms with Crippen molar-refractivity contribution in [1.82, 2.24) is 14.9 Å². The van der Waals surface area contributed by atoms with Gasteiger partial charge in [-0.3, -0.25) is 4.79 Å². The van der Waals surface area contributed by atoms with Gasteiger partial charge in [0.15, 0.2) is 17.4 Å². The maximum Gasteiger partial charge on any atom is 0.237 e. The van der Waals surface area contributed by atoms with E-state index in [1.54, 1.807) is 19.1 Å². The number of nitrogen functional groups attached to an aromatic ring is 1. The van der Waals surface area contributed by atoms with Crippen LogP contribution in [0.15, 0.2) is 84.0 Å². The van der Waals surface area contributed by atoms with Gasteiger partial charge < -0.3 is 15.9 Å². The number of ether oxygens (including phenoxy) is 1. The number of anilines is 1. The third-order valence-corrected chi connectivity index (χ3v) is 5.91. The predicted octanol–water partition coefficient (Wildman–Crippen LogP) is 4.50. The van der Waals surface area contributed by atoms with Crippen LogP contribution in [0.5, 0.6) is 5.75 Å². The van der Waals surface area contributed by atoms with E-state index in [-0.39, 0.29) is 18.3 Å². The summed E-state index contributed by atoms with van der Waals surface area (Å²) in [5, 5.41) is 10.9. The summed E-state index contributed by atoms with van der Waals surface area (Å²) in [4.78, 5) is 12.9. The molecule has 0 saturated carbocycles. The molecule has 9 heteroatoms. The molecule has 1 atom stereocenters.